The maximum atomic E-state index is 13.8. The number of Topliss-reactive ketones (excluding diaryl/α,β-unsaturated/α-hetero) is 1. The summed E-state index contributed by atoms with van der Waals surface area (Å²) in [6.45, 7) is 3.89. The number of anilines is 1. The van der Waals surface area contributed by atoms with E-state index in [-0.39, 0.29) is 18.3 Å². The molecular formula is C31H29Cl2N3O4. The minimum atomic E-state index is -0.576. The average molecular weight is 578 g/mol. The second-order valence-electron chi connectivity index (χ2n) is 9.80. The zero-order chi connectivity index (χ0) is 28.4. The fourth-order valence-corrected chi connectivity index (χ4v) is 5.60. The topological polar surface area (TPSA) is 89.5 Å². The van der Waals surface area contributed by atoms with Crippen molar-refractivity contribution in [1.29, 1.82) is 0 Å². The van der Waals surface area contributed by atoms with Crippen LogP contribution in [-0.4, -0.2) is 23.8 Å². The Kier molecular flexibility index (Phi) is 8.14. The molecular weight excluding hydrogens is 549 g/mol. The first-order chi connectivity index (χ1) is 19.3. The Hall–Kier alpha value is -3.81. The highest BCUT2D eigenvalue weighted by Gasteiger charge is 2.39. The molecule has 0 spiro atoms. The molecule has 1 aliphatic carbocycles. The molecule has 0 fully saturated rings. The number of hydrogen-bond acceptors (Lipinski definition) is 6. The Morgan fingerprint density at radius 2 is 1.93 bits per heavy atom. The number of allylic oxidation sites excluding steroid dienone is 3. The fourth-order valence-electron chi connectivity index (χ4n) is 5.25. The molecule has 1 amide bonds. The molecule has 5 rings (SSSR count). The van der Waals surface area contributed by atoms with E-state index in [0.717, 1.165) is 35.2 Å². The standard InChI is InChI=1S/C31H29Cl2N3O4/c1-17-7-6-14-34-30(17)36-31(38)26-18(2)35-22-9-5-10-23(37)28(22)27(26)19-12-13-24(39-3)20(15-19)16-40-25-11-4-8-21(32)29(25)33/h4,6-8,11-15,27,35H,5,9-10,16H2,1-3H3,(H,34,36,38)/t27-/m1/s1. The van der Waals surface area contributed by atoms with Crippen LogP contribution in [-0.2, 0) is 16.2 Å². The number of ether oxygens (including phenoxy) is 2. The van der Waals surface area contributed by atoms with Gasteiger partial charge < -0.3 is 20.1 Å². The molecule has 0 radical (unpaired) electrons. The second-order valence-corrected chi connectivity index (χ2v) is 10.6. The van der Waals surface area contributed by atoms with Crippen LogP contribution in [0.5, 0.6) is 11.5 Å². The van der Waals surface area contributed by atoms with E-state index in [9.17, 15) is 9.59 Å². The fraction of sp³-hybridized carbons (Fsp3) is 0.258. The number of nitrogens with zero attached hydrogens (tertiary/aromatic N) is 1. The number of dihydropyridines is 1. The zero-order valence-electron chi connectivity index (χ0n) is 22.4. The molecule has 3 aromatic rings. The lowest BCUT2D eigenvalue weighted by Gasteiger charge is -2.34. The summed E-state index contributed by atoms with van der Waals surface area (Å²) in [7, 11) is 1.58. The van der Waals surface area contributed by atoms with Gasteiger partial charge in [0.15, 0.2) is 5.78 Å². The van der Waals surface area contributed by atoms with Gasteiger partial charge in [0, 0.05) is 46.6 Å². The van der Waals surface area contributed by atoms with Gasteiger partial charge in [0.2, 0.25) is 0 Å². The number of aryl methyl sites for hydroxylation is 1. The number of nitrogens with one attached hydrogen (secondary N) is 2. The van der Waals surface area contributed by atoms with Gasteiger partial charge in [-0.2, -0.15) is 0 Å². The van der Waals surface area contributed by atoms with Gasteiger partial charge in [0.25, 0.3) is 5.91 Å². The number of amides is 1. The zero-order valence-corrected chi connectivity index (χ0v) is 23.9. The molecule has 2 aliphatic rings. The first-order valence-electron chi connectivity index (χ1n) is 13.0. The number of hydrogen-bond donors (Lipinski definition) is 2. The number of ketones is 1. The normalized spacial score (nSPS) is 16.8. The second kappa shape index (κ2) is 11.7. The molecule has 1 atom stereocenters. The van der Waals surface area contributed by atoms with Crippen LogP contribution in [0.3, 0.4) is 0 Å². The van der Waals surface area contributed by atoms with Crippen molar-refractivity contribution < 1.29 is 19.1 Å². The van der Waals surface area contributed by atoms with Gasteiger partial charge in [-0.3, -0.25) is 9.59 Å². The Morgan fingerprint density at radius 1 is 1.10 bits per heavy atom. The summed E-state index contributed by atoms with van der Waals surface area (Å²) >= 11 is 12.5. The monoisotopic (exact) mass is 577 g/mol. The van der Waals surface area contributed by atoms with Crippen LogP contribution in [0.15, 0.2) is 77.3 Å². The third-order valence-electron chi connectivity index (χ3n) is 7.20. The molecule has 0 saturated carbocycles. The summed E-state index contributed by atoms with van der Waals surface area (Å²) in [4.78, 5) is 31.5. The van der Waals surface area contributed by atoms with E-state index in [1.807, 2.05) is 44.2 Å². The molecule has 2 heterocycles. The molecule has 40 heavy (non-hydrogen) atoms. The molecule has 9 heteroatoms. The Bertz CT molecular complexity index is 1560. The Balaban J connectivity index is 1.56. The van der Waals surface area contributed by atoms with Gasteiger partial charge >= 0.3 is 0 Å². The SMILES string of the molecule is COc1ccc([C@@H]2C(C(=O)Nc3ncccc3C)=C(C)NC3=C2C(=O)CCC3)cc1COc1cccc(Cl)c1Cl. The lowest BCUT2D eigenvalue weighted by molar-refractivity contribution is -0.116. The highest BCUT2D eigenvalue weighted by molar-refractivity contribution is 6.42. The highest BCUT2D eigenvalue weighted by Crippen LogP contribution is 2.43. The smallest absolute Gasteiger partial charge is 0.255 e. The van der Waals surface area contributed by atoms with E-state index in [1.165, 1.54) is 0 Å². The van der Waals surface area contributed by atoms with Crippen molar-refractivity contribution in [2.24, 2.45) is 0 Å². The lowest BCUT2D eigenvalue weighted by atomic mass is 9.74. The summed E-state index contributed by atoms with van der Waals surface area (Å²) in [5.74, 6) is 0.662. The van der Waals surface area contributed by atoms with Crippen LogP contribution in [0.2, 0.25) is 10.0 Å². The number of methoxy groups -OCH3 is 1. The molecule has 2 N–H and O–H groups in total. The van der Waals surface area contributed by atoms with Crippen LogP contribution < -0.4 is 20.1 Å². The third kappa shape index (κ3) is 5.44. The molecule has 206 valence electrons. The first-order valence-corrected chi connectivity index (χ1v) is 13.7. The maximum Gasteiger partial charge on any atom is 0.255 e. The quantitative estimate of drug-likeness (QED) is 0.318. The predicted molar refractivity (Wildman–Crippen MR) is 156 cm³/mol. The van der Waals surface area contributed by atoms with Crippen molar-refractivity contribution in [3.05, 3.63) is 104 Å². The molecule has 1 aliphatic heterocycles. The molecule has 2 aromatic carbocycles. The van der Waals surface area contributed by atoms with Crippen LogP contribution in [0.25, 0.3) is 0 Å². The Morgan fingerprint density at radius 3 is 2.70 bits per heavy atom. The molecule has 0 unspecified atom stereocenters. The van der Waals surface area contributed by atoms with Gasteiger partial charge in [0.1, 0.15) is 28.9 Å². The number of aromatic nitrogens is 1. The summed E-state index contributed by atoms with van der Waals surface area (Å²) in [6.07, 6.45) is 3.57. The summed E-state index contributed by atoms with van der Waals surface area (Å²) in [5.41, 5.74) is 5.00. The molecule has 0 saturated heterocycles. The van der Waals surface area contributed by atoms with Crippen LogP contribution in [0.1, 0.15) is 48.8 Å². The van der Waals surface area contributed by atoms with Gasteiger partial charge in [-0.25, -0.2) is 4.98 Å². The minimum Gasteiger partial charge on any atom is -0.496 e. The first kappa shape index (κ1) is 27.7. The third-order valence-corrected chi connectivity index (χ3v) is 8.00. The van der Waals surface area contributed by atoms with Gasteiger partial charge in [-0.05, 0) is 68.1 Å². The van der Waals surface area contributed by atoms with Crippen LogP contribution in [0, 0.1) is 6.92 Å². The van der Waals surface area contributed by atoms with E-state index in [4.69, 9.17) is 32.7 Å². The number of carbonyl (C=O) groups excluding carboxylic acids is 2. The minimum absolute atomic E-state index is 0.0323. The summed E-state index contributed by atoms with van der Waals surface area (Å²) < 4.78 is 11.6. The average Bonchev–Trinajstić information content (AvgIpc) is 2.94. The van der Waals surface area contributed by atoms with Crippen molar-refractivity contribution >= 4 is 40.7 Å². The van der Waals surface area contributed by atoms with Crippen molar-refractivity contribution in [2.75, 3.05) is 12.4 Å². The summed E-state index contributed by atoms with van der Waals surface area (Å²) in [6, 6.07) is 14.5. The number of benzene rings is 2. The van der Waals surface area contributed by atoms with E-state index in [1.54, 1.807) is 31.5 Å². The van der Waals surface area contributed by atoms with Crippen molar-refractivity contribution in [3.8, 4) is 11.5 Å². The molecule has 7 nitrogen and oxygen atoms in total. The molecule has 1 aromatic heterocycles. The number of carbonyl (C=O) groups is 2. The van der Waals surface area contributed by atoms with Crippen LogP contribution in [0.4, 0.5) is 5.82 Å². The van der Waals surface area contributed by atoms with Crippen molar-refractivity contribution in [1.82, 2.24) is 10.3 Å². The molecule has 0 bridgehead atoms. The van der Waals surface area contributed by atoms with E-state index >= 15 is 0 Å². The van der Waals surface area contributed by atoms with Gasteiger partial charge in [-0.15, -0.1) is 0 Å². The highest BCUT2D eigenvalue weighted by atomic mass is 35.5. The van der Waals surface area contributed by atoms with Gasteiger partial charge in [-0.1, -0.05) is 41.4 Å². The summed E-state index contributed by atoms with van der Waals surface area (Å²) in [5, 5.41) is 7.03. The van der Waals surface area contributed by atoms with E-state index in [0.29, 0.717) is 50.6 Å². The number of rotatable bonds is 7. The maximum absolute atomic E-state index is 13.8. The van der Waals surface area contributed by atoms with Gasteiger partial charge in [0.05, 0.1) is 12.1 Å². The predicted octanol–water partition coefficient (Wildman–Crippen LogP) is 6.89. The lowest BCUT2D eigenvalue weighted by Crippen LogP contribution is -2.35. The van der Waals surface area contributed by atoms with E-state index in [2.05, 4.69) is 15.6 Å². The van der Waals surface area contributed by atoms with Crippen molar-refractivity contribution in [2.45, 2.75) is 45.6 Å². The van der Waals surface area contributed by atoms with E-state index < -0.39 is 5.92 Å². The largest absolute Gasteiger partial charge is 0.496 e. The van der Waals surface area contributed by atoms with Crippen LogP contribution >= 0.6 is 23.2 Å². The number of halogens is 2. The Labute approximate surface area is 243 Å². The number of pyridine rings is 1. The van der Waals surface area contributed by atoms with Crippen molar-refractivity contribution in [3.63, 3.8) is 0 Å².